The van der Waals surface area contributed by atoms with Crippen molar-refractivity contribution in [3.8, 4) is 0 Å². The molecule has 0 rings (SSSR count). The molecular formula is C9H13F3N2O2. The van der Waals surface area contributed by atoms with Gasteiger partial charge >= 0.3 is 12.1 Å². The second kappa shape index (κ2) is 6.14. The molecule has 0 spiro atoms. The summed E-state index contributed by atoms with van der Waals surface area (Å²) in [5.41, 5.74) is -1.29. The first kappa shape index (κ1) is 14.5. The monoisotopic (exact) mass is 238 g/mol. The Bertz CT molecular complexity index is 296. The van der Waals surface area contributed by atoms with Crippen molar-refractivity contribution < 1.29 is 22.7 Å². The fourth-order valence-electron chi connectivity index (χ4n) is 0.666. The molecule has 0 N–H and O–H groups in total. The van der Waals surface area contributed by atoms with Crippen LogP contribution in [0.2, 0.25) is 0 Å². The molecule has 0 saturated carbocycles. The molecule has 0 aromatic heterocycles. The predicted molar refractivity (Wildman–Crippen MR) is 53.0 cm³/mol. The van der Waals surface area contributed by atoms with Crippen LogP contribution in [0.3, 0.4) is 0 Å². The second-order valence-corrected chi connectivity index (χ2v) is 2.99. The zero-order valence-corrected chi connectivity index (χ0v) is 9.21. The maximum Gasteiger partial charge on any atom is 0.433 e. The maximum absolute atomic E-state index is 12.4. The largest absolute Gasteiger partial charge is 0.463 e. The molecule has 0 heterocycles. The van der Waals surface area contributed by atoms with Gasteiger partial charge in [0.05, 0.1) is 19.0 Å². The van der Waals surface area contributed by atoms with Gasteiger partial charge in [-0.15, -0.1) is 0 Å². The van der Waals surface area contributed by atoms with Gasteiger partial charge < -0.3 is 9.64 Å². The molecule has 7 heteroatoms. The van der Waals surface area contributed by atoms with Gasteiger partial charge in [0.1, 0.15) is 0 Å². The Morgan fingerprint density at radius 2 is 2.00 bits per heavy atom. The van der Waals surface area contributed by atoms with Crippen LogP contribution >= 0.6 is 0 Å². The highest BCUT2D eigenvalue weighted by molar-refractivity contribution is 5.83. The van der Waals surface area contributed by atoms with Crippen LogP contribution in [-0.4, -0.2) is 44.1 Å². The number of aliphatic imine (C=N–C) groups is 1. The standard InChI is InChI=1S/C9H13F3N2O2/c1-4-16-8(15)5-7(9(10,11)12)13-6-14(2)3/h5-6H,4H2,1-3H3. The number of hydrogen-bond acceptors (Lipinski definition) is 3. The van der Waals surface area contributed by atoms with Crippen LogP contribution in [-0.2, 0) is 9.53 Å². The van der Waals surface area contributed by atoms with Gasteiger partial charge in [0, 0.05) is 14.1 Å². The van der Waals surface area contributed by atoms with Crippen LogP contribution < -0.4 is 0 Å². The molecule has 0 bridgehead atoms. The summed E-state index contributed by atoms with van der Waals surface area (Å²) in [5, 5.41) is 0. The number of hydrogen-bond donors (Lipinski definition) is 0. The van der Waals surface area contributed by atoms with Gasteiger partial charge in [0.15, 0.2) is 5.70 Å². The first-order valence-electron chi connectivity index (χ1n) is 4.43. The summed E-state index contributed by atoms with van der Waals surface area (Å²) < 4.78 is 41.5. The van der Waals surface area contributed by atoms with Gasteiger partial charge in [-0.2, -0.15) is 13.2 Å². The van der Waals surface area contributed by atoms with Gasteiger partial charge in [-0.05, 0) is 6.92 Å². The highest BCUT2D eigenvalue weighted by Gasteiger charge is 2.34. The number of halogens is 3. The minimum Gasteiger partial charge on any atom is -0.463 e. The van der Waals surface area contributed by atoms with Crippen molar-refractivity contribution in [2.45, 2.75) is 13.1 Å². The minimum absolute atomic E-state index is 0.0118. The first-order chi connectivity index (χ1) is 7.27. The average molecular weight is 238 g/mol. The number of rotatable bonds is 4. The van der Waals surface area contributed by atoms with E-state index >= 15 is 0 Å². The highest BCUT2D eigenvalue weighted by atomic mass is 19.4. The number of nitrogens with zero attached hydrogens (tertiary/aromatic N) is 2. The van der Waals surface area contributed by atoms with E-state index < -0.39 is 17.8 Å². The molecule has 0 aliphatic carbocycles. The van der Waals surface area contributed by atoms with E-state index in [9.17, 15) is 18.0 Å². The normalized spacial score (nSPS) is 13.0. The smallest absolute Gasteiger partial charge is 0.433 e. The Hall–Kier alpha value is -1.53. The Morgan fingerprint density at radius 3 is 2.38 bits per heavy atom. The van der Waals surface area contributed by atoms with Crippen molar-refractivity contribution in [2.75, 3.05) is 20.7 Å². The van der Waals surface area contributed by atoms with Gasteiger partial charge in [-0.1, -0.05) is 0 Å². The molecule has 0 aromatic rings. The van der Waals surface area contributed by atoms with Gasteiger partial charge in [-0.25, -0.2) is 9.79 Å². The van der Waals surface area contributed by atoms with Crippen molar-refractivity contribution in [3.05, 3.63) is 11.8 Å². The maximum atomic E-state index is 12.4. The Balaban J connectivity index is 4.89. The van der Waals surface area contributed by atoms with E-state index in [2.05, 4.69) is 9.73 Å². The molecule has 92 valence electrons. The number of carbonyl (C=O) groups excluding carboxylic acids is 1. The van der Waals surface area contributed by atoms with E-state index in [1.807, 2.05) is 0 Å². The van der Waals surface area contributed by atoms with Crippen LogP contribution in [0.4, 0.5) is 13.2 Å². The molecule has 0 unspecified atom stereocenters. The summed E-state index contributed by atoms with van der Waals surface area (Å²) in [6.45, 7) is 1.51. The summed E-state index contributed by atoms with van der Waals surface area (Å²) in [5.74, 6) is -1.06. The molecule has 0 aromatic carbocycles. The zero-order chi connectivity index (χ0) is 12.8. The Labute approximate surface area is 91.4 Å². The summed E-state index contributed by atoms with van der Waals surface area (Å²) >= 11 is 0. The lowest BCUT2D eigenvalue weighted by atomic mass is 10.4. The molecule has 4 nitrogen and oxygen atoms in total. The SMILES string of the molecule is CCOC(=O)C=C(N=CN(C)C)C(F)(F)F. The molecule has 0 saturated heterocycles. The second-order valence-electron chi connectivity index (χ2n) is 2.99. The van der Waals surface area contributed by atoms with Gasteiger partial charge in [0.25, 0.3) is 0 Å². The third-order valence-corrected chi connectivity index (χ3v) is 1.26. The average Bonchev–Trinajstić information content (AvgIpc) is 2.10. The topological polar surface area (TPSA) is 41.9 Å². The van der Waals surface area contributed by atoms with Gasteiger partial charge in [0.2, 0.25) is 0 Å². The van der Waals surface area contributed by atoms with E-state index in [0.29, 0.717) is 6.08 Å². The van der Waals surface area contributed by atoms with Crippen molar-refractivity contribution in [3.63, 3.8) is 0 Å². The third-order valence-electron chi connectivity index (χ3n) is 1.26. The van der Waals surface area contributed by atoms with Crippen LogP contribution in [0, 0.1) is 0 Å². The summed E-state index contributed by atoms with van der Waals surface area (Å²) in [4.78, 5) is 15.3. The summed E-state index contributed by atoms with van der Waals surface area (Å²) in [6.07, 6.45) is -3.40. The molecule has 0 atom stereocenters. The molecule has 0 amide bonds. The van der Waals surface area contributed by atoms with E-state index in [-0.39, 0.29) is 6.61 Å². The lowest BCUT2D eigenvalue weighted by Crippen LogP contribution is -2.16. The van der Waals surface area contributed by atoms with Crippen LogP contribution in [0.1, 0.15) is 6.92 Å². The minimum atomic E-state index is -4.68. The van der Waals surface area contributed by atoms with E-state index in [4.69, 9.17) is 0 Å². The predicted octanol–water partition coefficient (Wildman–Crippen LogP) is 1.59. The lowest BCUT2D eigenvalue weighted by Gasteiger charge is -2.08. The lowest BCUT2D eigenvalue weighted by molar-refractivity contribution is -0.138. The molecular weight excluding hydrogens is 225 g/mol. The van der Waals surface area contributed by atoms with Crippen LogP contribution in [0.15, 0.2) is 16.8 Å². The quantitative estimate of drug-likeness (QED) is 0.323. The Morgan fingerprint density at radius 1 is 1.44 bits per heavy atom. The fourth-order valence-corrected chi connectivity index (χ4v) is 0.666. The van der Waals surface area contributed by atoms with Crippen LogP contribution in [0.5, 0.6) is 0 Å². The number of ether oxygens (including phenoxy) is 1. The number of alkyl halides is 3. The summed E-state index contributed by atoms with van der Waals surface area (Å²) in [6, 6.07) is 0. The molecule has 0 fully saturated rings. The zero-order valence-electron chi connectivity index (χ0n) is 9.21. The van der Waals surface area contributed by atoms with Crippen molar-refractivity contribution in [2.24, 2.45) is 4.99 Å². The third kappa shape index (κ3) is 6.05. The molecule has 16 heavy (non-hydrogen) atoms. The van der Waals surface area contributed by atoms with Crippen molar-refractivity contribution in [1.82, 2.24) is 4.90 Å². The Kier molecular flexibility index (Phi) is 5.55. The fraction of sp³-hybridized carbons (Fsp3) is 0.556. The first-order valence-corrected chi connectivity index (χ1v) is 4.43. The van der Waals surface area contributed by atoms with Gasteiger partial charge in [-0.3, -0.25) is 0 Å². The molecule has 0 aliphatic rings. The van der Waals surface area contributed by atoms with Crippen molar-refractivity contribution in [1.29, 1.82) is 0 Å². The number of allylic oxidation sites excluding steroid dienone is 1. The highest BCUT2D eigenvalue weighted by Crippen LogP contribution is 2.26. The summed E-state index contributed by atoms with van der Waals surface area (Å²) in [7, 11) is 3.03. The number of carbonyl (C=O) groups is 1. The number of esters is 1. The van der Waals surface area contributed by atoms with E-state index in [0.717, 1.165) is 6.34 Å². The van der Waals surface area contributed by atoms with Crippen molar-refractivity contribution >= 4 is 12.3 Å². The van der Waals surface area contributed by atoms with E-state index in [1.54, 1.807) is 0 Å². The van der Waals surface area contributed by atoms with E-state index in [1.165, 1.54) is 25.9 Å². The molecule has 0 radical (unpaired) electrons. The molecule has 0 aliphatic heterocycles. The van der Waals surface area contributed by atoms with Crippen LogP contribution in [0.25, 0.3) is 0 Å².